The van der Waals surface area contributed by atoms with Crippen molar-refractivity contribution in [2.24, 2.45) is 0 Å². The van der Waals surface area contributed by atoms with Crippen LogP contribution < -0.4 is 4.90 Å². The lowest BCUT2D eigenvalue weighted by atomic mass is 10.1. The van der Waals surface area contributed by atoms with Gasteiger partial charge in [-0.05, 0) is 37.1 Å². The van der Waals surface area contributed by atoms with Gasteiger partial charge in [-0.3, -0.25) is 19.7 Å². The van der Waals surface area contributed by atoms with Gasteiger partial charge in [-0.2, -0.15) is 0 Å². The Morgan fingerprint density at radius 2 is 1.81 bits per heavy atom. The fourth-order valence-electron chi connectivity index (χ4n) is 4.12. The lowest BCUT2D eigenvalue weighted by Crippen LogP contribution is -2.54. The number of piperazine rings is 1. The van der Waals surface area contributed by atoms with E-state index < -0.39 is 11.0 Å². The van der Waals surface area contributed by atoms with E-state index in [4.69, 9.17) is 23.2 Å². The van der Waals surface area contributed by atoms with Gasteiger partial charge in [0.2, 0.25) is 5.91 Å². The summed E-state index contributed by atoms with van der Waals surface area (Å²) in [5.41, 5.74) is 0.237. The van der Waals surface area contributed by atoms with Crippen LogP contribution in [-0.2, 0) is 4.79 Å². The van der Waals surface area contributed by atoms with Gasteiger partial charge in [-0.1, -0.05) is 23.2 Å². The number of benzene rings is 1. The molecule has 4 rings (SSSR count). The van der Waals surface area contributed by atoms with E-state index in [0.29, 0.717) is 60.6 Å². The summed E-state index contributed by atoms with van der Waals surface area (Å²) in [4.78, 5) is 46.1. The van der Waals surface area contributed by atoms with Crippen molar-refractivity contribution in [3.8, 4) is 0 Å². The number of anilines is 1. The monoisotopic (exact) mass is 477 g/mol. The van der Waals surface area contributed by atoms with E-state index in [1.54, 1.807) is 28.0 Å². The number of hydrogen-bond donors (Lipinski definition) is 0. The number of rotatable bonds is 4. The Labute approximate surface area is 194 Å². The Bertz CT molecular complexity index is 1040. The third-order valence-electron chi connectivity index (χ3n) is 5.82. The van der Waals surface area contributed by atoms with Gasteiger partial charge in [-0.15, -0.1) is 0 Å². The van der Waals surface area contributed by atoms with Gasteiger partial charge in [0.1, 0.15) is 18.1 Å². The summed E-state index contributed by atoms with van der Waals surface area (Å²) < 4.78 is 0. The Kier molecular flexibility index (Phi) is 6.48. The molecule has 0 spiro atoms. The SMILES string of the molecule is O=C(C1CCCN1C(=O)c1cc(Cl)ccc1Cl)N1CCN(c2ccc([N+](=O)[O-])cn2)CC1. The molecule has 2 aliphatic heterocycles. The molecule has 0 aliphatic carbocycles. The standard InChI is InChI=1S/C21H21Cl2N5O4/c22-14-3-5-17(23)16(12-14)20(29)27-7-1-2-18(27)21(30)26-10-8-25(9-11-26)19-6-4-15(13-24-19)28(31)32/h3-6,12-13,18H,1-2,7-11H2. The van der Waals surface area contributed by atoms with Crippen molar-refractivity contribution in [2.45, 2.75) is 18.9 Å². The molecule has 2 fully saturated rings. The van der Waals surface area contributed by atoms with Crippen LogP contribution in [0.3, 0.4) is 0 Å². The molecular formula is C21H21Cl2N5O4. The van der Waals surface area contributed by atoms with E-state index in [0.717, 1.165) is 6.42 Å². The number of nitrogens with zero attached hydrogens (tertiary/aromatic N) is 5. The molecule has 2 amide bonds. The largest absolute Gasteiger partial charge is 0.353 e. The van der Waals surface area contributed by atoms with Gasteiger partial charge in [0, 0.05) is 43.8 Å². The second-order valence-corrected chi connectivity index (χ2v) is 8.57. The topological polar surface area (TPSA) is 99.9 Å². The first-order chi connectivity index (χ1) is 15.3. The summed E-state index contributed by atoms with van der Waals surface area (Å²) in [6.07, 6.45) is 2.58. The number of amides is 2. The predicted molar refractivity (Wildman–Crippen MR) is 120 cm³/mol. The average Bonchev–Trinajstić information content (AvgIpc) is 3.30. The summed E-state index contributed by atoms with van der Waals surface area (Å²) in [5, 5.41) is 11.5. The minimum absolute atomic E-state index is 0.0617. The molecule has 168 valence electrons. The van der Waals surface area contributed by atoms with Crippen molar-refractivity contribution < 1.29 is 14.5 Å². The zero-order chi connectivity index (χ0) is 22.8. The molecular weight excluding hydrogens is 457 g/mol. The van der Waals surface area contributed by atoms with Crippen molar-refractivity contribution in [2.75, 3.05) is 37.6 Å². The molecule has 1 aromatic carbocycles. The molecule has 0 bridgehead atoms. The molecule has 2 saturated heterocycles. The zero-order valence-electron chi connectivity index (χ0n) is 17.1. The minimum atomic E-state index is -0.526. The Morgan fingerprint density at radius 1 is 1.06 bits per heavy atom. The summed E-state index contributed by atoms with van der Waals surface area (Å²) in [6, 6.07) is 7.23. The lowest BCUT2D eigenvalue weighted by molar-refractivity contribution is -0.385. The fraction of sp³-hybridized carbons (Fsp3) is 0.381. The number of nitro groups is 1. The third kappa shape index (κ3) is 4.49. The molecule has 11 heteroatoms. The molecule has 1 atom stereocenters. The normalized spacial score (nSPS) is 18.7. The molecule has 2 aliphatic rings. The van der Waals surface area contributed by atoms with Crippen LogP contribution in [0.4, 0.5) is 11.5 Å². The van der Waals surface area contributed by atoms with E-state index in [1.807, 2.05) is 4.90 Å². The molecule has 1 aromatic heterocycles. The van der Waals surface area contributed by atoms with Crippen LogP contribution >= 0.6 is 23.2 Å². The first kappa shape index (κ1) is 22.3. The maximum absolute atomic E-state index is 13.2. The van der Waals surface area contributed by atoms with Crippen molar-refractivity contribution in [3.63, 3.8) is 0 Å². The van der Waals surface area contributed by atoms with Gasteiger partial charge in [-0.25, -0.2) is 4.98 Å². The lowest BCUT2D eigenvalue weighted by Gasteiger charge is -2.37. The molecule has 32 heavy (non-hydrogen) atoms. The van der Waals surface area contributed by atoms with Gasteiger partial charge < -0.3 is 14.7 Å². The van der Waals surface area contributed by atoms with Crippen LogP contribution in [0, 0.1) is 10.1 Å². The van der Waals surface area contributed by atoms with Crippen LogP contribution in [-0.4, -0.2) is 70.3 Å². The molecule has 0 saturated carbocycles. The molecule has 2 aromatic rings. The summed E-state index contributed by atoms with van der Waals surface area (Å²) in [5.74, 6) is 0.267. The highest BCUT2D eigenvalue weighted by atomic mass is 35.5. The molecule has 9 nitrogen and oxygen atoms in total. The maximum Gasteiger partial charge on any atom is 0.287 e. The van der Waals surface area contributed by atoms with E-state index in [2.05, 4.69) is 4.98 Å². The van der Waals surface area contributed by atoms with Gasteiger partial charge in [0.25, 0.3) is 11.6 Å². The highest BCUT2D eigenvalue weighted by molar-refractivity contribution is 6.35. The Morgan fingerprint density at radius 3 is 2.47 bits per heavy atom. The van der Waals surface area contributed by atoms with Gasteiger partial charge in [0.05, 0.1) is 15.5 Å². The van der Waals surface area contributed by atoms with Gasteiger partial charge in [0.15, 0.2) is 0 Å². The van der Waals surface area contributed by atoms with Crippen LogP contribution in [0.1, 0.15) is 23.2 Å². The highest BCUT2D eigenvalue weighted by Crippen LogP contribution is 2.27. The number of aromatic nitrogens is 1. The number of likely N-dealkylation sites (tertiary alicyclic amines) is 1. The first-order valence-electron chi connectivity index (χ1n) is 10.3. The van der Waals surface area contributed by atoms with Crippen molar-refractivity contribution in [1.82, 2.24) is 14.8 Å². The number of pyridine rings is 1. The predicted octanol–water partition coefficient (Wildman–Crippen LogP) is 3.25. The van der Waals surface area contributed by atoms with E-state index in [9.17, 15) is 19.7 Å². The minimum Gasteiger partial charge on any atom is -0.353 e. The van der Waals surface area contributed by atoms with Crippen molar-refractivity contribution >= 4 is 46.5 Å². The second kappa shape index (κ2) is 9.30. The Balaban J connectivity index is 1.40. The van der Waals surface area contributed by atoms with Crippen LogP contribution in [0.15, 0.2) is 36.5 Å². The van der Waals surface area contributed by atoms with Crippen LogP contribution in [0.2, 0.25) is 10.0 Å². The molecule has 0 radical (unpaired) electrons. The van der Waals surface area contributed by atoms with Crippen LogP contribution in [0.25, 0.3) is 0 Å². The number of halogens is 2. The van der Waals surface area contributed by atoms with Crippen molar-refractivity contribution in [1.29, 1.82) is 0 Å². The highest BCUT2D eigenvalue weighted by Gasteiger charge is 2.38. The van der Waals surface area contributed by atoms with E-state index >= 15 is 0 Å². The number of carbonyl (C=O) groups excluding carboxylic acids is 2. The second-order valence-electron chi connectivity index (χ2n) is 7.72. The first-order valence-corrected chi connectivity index (χ1v) is 11.0. The summed E-state index contributed by atoms with van der Waals surface area (Å²) in [6.45, 7) is 2.56. The quantitative estimate of drug-likeness (QED) is 0.494. The van der Waals surface area contributed by atoms with E-state index in [-0.39, 0.29) is 17.5 Å². The van der Waals surface area contributed by atoms with Crippen molar-refractivity contribution in [3.05, 3.63) is 62.3 Å². The third-order valence-corrected chi connectivity index (χ3v) is 6.38. The fourth-order valence-corrected chi connectivity index (χ4v) is 4.49. The number of hydrogen-bond acceptors (Lipinski definition) is 6. The Hall–Kier alpha value is -2.91. The van der Waals surface area contributed by atoms with Crippen LogP contribution in [0.5, 0.6) is 0 Å². The van der Waals surface area contributed by atoms with Gasteiger partial charge >= 0.3 is 0 Å². The van der Waals surface area contributed by atoms with E-state index in [1.165, 1.54) is 18.3 Å². The molecule has 1 unspecified atom stereocenters. The molecule has 0 N–H and O–H groups in total. The molecule has 3 heterocycles. The smallest absolute Gasteiger partial charge is 0.287 e. The number of carbonyl (C=O) groups is 2. The summed E-state index contributed by atoms with van der Waals surface area (Å²) >= 11 is 12.2. The average molecular weight is 478 g/mol. The maximum atomic E-state index is 13.2. The zero-order valence-corrected chi connectivity index (χ0v) is 18.6. The summed E-state index contributed by atoms with van der Waals surface area (Å²) in [7, 11) is 0.